The number of hydrogen-bond acceptors (Lipinski definition) is 4. The van der Waals surface area contributed by atoms with E-state index in [1.165, 1.54) is 103 Å². The Morgan fingerprint density at radius 3 is 1.28 bits per heavy atom. The average Bonchev–Trinajstić information content (AvgIpc) is 2.97. The van der Waals surface area contributed by atoms with Gasteiger partial charge < -0.3 is 9.47 Å². The summed E-state index contributed by atoms with van der Waals surface area (Å²) in [5.41, 5.74) is 0.349. The molecule has 0 rings (SSSR count). The van der Waals surface area contributed by atoms with E-state index in [-0.39, 0.29) is 11.9 Å². The number of esters is 2. The fourth-order valence-corrected chi connectivity index (χ4v) is 5.57. The highest BCUT2D eigenvalue weighted by Gasteiger charge is 2.23. The van der Waals surface area contributed by atoms with E-state index in [1.807, 2.05) is 12.2 Å². The van der Waals surface area contributed by atoms with Crippen molar-refractivity contribution in [2.24, 2.45) is 11.3 Å². The van der Waals surface area contributed by atoms with Gasteiger partial charge in [0.1, 0.15) is 13.2 Å². The second kappa shape index (κ2) is 30.4. The number of rotatable bonds is 30. The van der Waals surface area contributed by atoms with Gasteiger partial charge in [-0.05, 0) is 62.7 Å². The summed E-state index contributed by atoms with van der Waals surface area (Å²) in [6.45, 7) is 12.5. The molecule has 0 amide bonds. The fraction of sp³-hybridized carbons (Fsp3) is 0.846. The zero-order valence-electron chi connectivity index (χ0n) is 29.4. The molecule has 0 N–H and O–H groups in total. The highest BCUT2D eigenvalue weighted by molar-refractivity contribution is 5.69. The van der Waals surface area contributed by atoms with Gasteiger partial charge in [-0.2, -0.15) is 0 Å². The highest BCUT2D eigenvalue weighted by atomic mass is 16.5. The van der Waals surface area contributed by atoms with Gasteiger partial charge >= 0.3 is 11.9 Å². The maximum atomic E-state index is 11.9. The monoisotopic (exact) mass is 605 g/mol. The molecule has 0 fully saturated rings. The third-order valence-electron chi connectivity index (χ3n) is 8.55. The van der Waals surface area contributed by atoms with Gasteiger partial charge in [0.05, 0.1) is 0 Å². The lowest BCUT2D eigenvalue weighted by Gasteiger charge is -2.31. The van der Waals surface area contributed by atoms with Crippen LogP contribution in [0, 0.1) is 11.3 Å². The lowest BCUT2D eigenvalue weighted by Crippen LogP contribution is -2.20. The number of hydrogen-bond donors (Lipinski definition) is 0. The molecule has 252 valence electrons. The van der Waals surface area contributed by atoms with Gasteiger partial charge in [0.25, 0.3) is 0 Å². The zero-order valence-corrected chi connectivity index (χ0v) is 29.4. The van der Waals surface area contributed by atoms with E-state index in [0.29, 0.717) is 31.5 Å². The predicted octanol–water partition coefficient (Wildman–Crippen LogP) is 12.2. The molecule has 0 bridgehead atoms. The zero-order chi connectivity index (χ0) is 31.9. The molecule has 0 atom stereocenters. The van der Waals surface area contributed by atoms with Crippen molar-refractivity contribution in [3.05, 3.63) is 24.3 Å². The lowest BCUT2D eigenvalue weighted by molar-refractivity contribution is -0.143. The SMILES string of the molecule is CCCCCC/C=C\COC(=O)CCCCCCCC(CCCCCCCC(=O)OC/C=C\CCCCCC)C(C)(C)C. The lowest BCUT2D eigenvalue weighted by atomic mass is 9.75. The minimum absolute atomic E-state index is 0.0559. The topological polar surface area (TPSA) is 52.6 Å². The van der Waals surface area contributed by atoms with Crippen LogP contribution in [0.15, 0.2) is 24.3 Å². The molecule has 43 heavy (non-hydrogen) atoms. The summed E-state index contributed by atoms with van der Waals surface area (Å²) in [6.07, 6.45) is 35.9. The first kappa shape index (κ1) is 41.4. The van der Waals surface area contributed by atoms with Crippen molar-refractivity contribution in [3.8, 4) is 0 Å². The van der Waals surface area contributed by atoms with Crippen molar-refractivity contribution in [3.63, 3.8) is 0 Å². The maximum absolute atomic E-state index is 11.9. The van der Waals surface area contributed by atoms with Crippen LogP contribution in [0.4, 0.5) is 0 Å². The van der Waals surface area contributed by atoms with E-state index < -0.39 is 0 Å². The Labute approximate surface area is 268 Å². The van der Waals surface area contributed by atoms with Gasteiger partial charge in [-0.15, -0.1) is 0 Å². The minimum Gasteiger partial charge on any atom is -0.461 e. The van der Waals surface area contributed by atoms with Gasteiger partial charge in [0.2, 0.25) is 0 Å². The molecule has 0 aromatic rings. The van der Waals surface area contributed by atoms with Crippen LogP contribution in [0.25, 0.3) is 0 Å². The van der Waals surface area contributed by atoms with Gasteiger partial charge in [0, 0.05) is 12.8 Å². The third kappa shape index (κ3) is 30.2. The number of carbonyl (C=O) groups excluding carboxylic acids is 2. The third-order valence-corrected chi connectivity index (χ3v) is 8.55. The fourth-order valence-electron chi connectivity index (χ4n) is 5.57. The summed E-state index contributed by atoms with van der Waals surface area (Å²) in [5, 5.41) is 0. The van der Waals surface area contributed by atoms with Crippen LogP contribution in [-0.2, 0) is 19.1 Å². The maximum Gasteiger partial charge on any atom is 0.306 e. The molecule has 0 aromatic heterocycles. The van der Waals surface area contributed by atoms with Crippen molar-refractivity contribution in [1.29, 1.82) is 0 Å². The molecule has 0 saturated heterocycles. The Bertz CT molecular complexity index is 636. The van der Waals surface area contributed by atoms with Crippen molar-refractivity contribution in [2.75, 3.05) is 13.2 Å². The van der Waals surface area contributed by atoms with Crippen LogP contribution in [-0.4, -0.2) is 25.2 Å². The quantitative estimate of drug-likeness (QED) is 0.0465. The smallest absolute Gasteiger partial charge is 0.306 e. The second-order valence-corrected chi connectivity index (χ2v) is 13.7. The molecule has 0 aliphatic heterocycles. The van der Waals surface area contributed by atoms with Gasteiger partial charge in [-0.25, -0.2) is 0 Å². The largest absolute Gasteiger partial charge is 0.461 e. The molecular weight excluding hydrogens is 532 g/mol. The molecule has 0 radical (unpaired) electrons. The molecular formula is C39H72O4. The van der Waals surface area contributed by atoms with E-state index in [9.17, 15) is 9.59 Å². The Morgan fingerprint density at radius 2 is 0.884 bits per heavy atom. The van der Waals surface area contributed by atoms with E-state index in [0.717, 1.165) is 44.4 Å². The van der Waals surface area contributed by atoms with E-state index in [1.54, 1.807) is 0 Å². The average molecular weight is 605 g/mol. The molecule has 0 heterocycles. The normalized spacial score (nSPS) is 12.1. The van der Waals surface area contributed by atoms with Crippen molar-refractivity contribution in [1.82, 2.24) is 0 Å². The van der Waals surface area contributed by atoms with E-state index in [4.69, 9.17) is 9.47 Å². The Kier molecular flexibility index (Phi) is 29.3. The van der Waals surface area contributed by atoms with Crippen LogP contribution < -0.4 is 0 Å². The van der Waals surface area contributed by atoms with Crippen LogP contribution in [0.1, 0.15) is 189 Å². The first-order valence-corrected chi connectivity index (χ1v) is 18.4. The summed E-state index contributed by atoms with van der Waals surface area (Å²) in [4.78, 5) is 23.9. The minimum atomic E-state index is -0.0559. The Morgan fingerprint density at radius 1 is 0.512 bits per heavy atom. The standard InChI is InChI=1S/C39H72O4/c1-6-8-10-12-14-22-28-34-42-37(40)32-26-20-16-18-24-30-36(39(3,4)5)31-25-19-17-21-27-33-38(41)43-35-29-23-15-13-11-9-7-2/h22-23,28-29,36H,6-21,24-27,30-35H2,1-5H3/b28-22-,29-23-. The molecule has 0 unspecified atom stereocenters. The summed E-state index contributed by atoms with van der Waals surface area (Å²) >= 11 is 0. The molecule has 4 heteroatoms. The molecule has 0 aliphatic rings. The van der Waals surface area contributed by atoms with Crippen molar-refractivity contribution in [2.45, 2.75) is 189 Å². The van der Waals surface area contributed by atoms with E-state index in [2.05, 4.69) is 46.8 Å². The van der Waals surface area contributed by atoms with Crippen molar-refractivity contribution < 1.29 is 19.1 Å². The second-order valence-electron chi connectivity index (χ2n) is 13.7. The van der Waals surface area contributed by atoms with Crippen LogP contribution in [0.2, 0.25) is 0 Å². The predicted molar refractivity (Wildman–Crippen MR) is 185 cm³/mol. The molecule has 0 aromatic carbocycles. The van der Waals surface area contributed by atoms with Crippen molar-refractivity contribution >= 4 is 11.9 Å². The summed E-state index contributed by atoms with van der Waals surface area (Å²) in [5.74, 6) is 0.649. The molecule has 0 saturated carbocycles. The number of carbonyl (C=O) groups is 2. The van der Waals surface area contributed by atoms with Gasteiger partial charge in [-0.3, -0.25) is 9.59 Å². The number of ether oxygens (including phenoxy) is 2. The van der Waals surface area contributed by atoms with Crippen LogP contribution in [0.5, 0.6) is 0 Å². The first-order valence-electron chi connectivity index (χ1n) is 18.4. The summed E-state index contributed by atoms with van der Waals surface area (Å²) in [6, 6.07) is 0. The molecule has 0 aliphatic carbocycles. The molecule has 4 nitrogen and oxygen atoms in total. The number of allylic oxidation sites excluding steroid dienone is 2. The first-order chi connectivity index (χ1) is 20.8. The summed E-state index contributed by atoms with van der Waals surface area (Å²) in [7, 11) is 0. The Hall–Kier alpha value is -1.58. The van der Waals surface area contributed by atoms with Crippen LogP contribution in [0.3, 0.4) is 0 Å². The van der Waals surface area contributed by atoms with E-state index >= 15 is 0 Å². The van der Waals surface area contributed by atoms with Gasteiger partial charge in [0.15, 0.2) is 0 Å². The molecule has 0 spiro atoms. The highest BCUT2D eigenvalue weighted by Crippen LogP contribution is 2.34. The summed E-state index contributed by atoms with van der Waals surface area (Å²) < 4.78 is 10.7. The Balaban J connectivity index is 3.76. The van der Waals surface area contributed by atoms with Gasteiger partial charge in [-0.1, -0.05) is 149 Å². The number of unbranched alkanes of at least 4 members (excludes halogenated alkanes) is 16. The van der Waals surface area contributed by atoms with Crippen LogP contribution >= 0.6 is 0 Å².